The number of nitrogens with one attached hydrogen (secondary N) is 2. The van der Waals surface area contributed by atoms with Crippen molar-refractivity contribution >= 4 is 40.5 Å². The molecule has 8 heteroatoms. The molecule has 0 atom stereocenters. The topological polar surface area (TPSA) is 82.7 Å². The van der Waals surface area contributed by atoms with E-state index in [1.807, 2.05) is 43.3 Å². The van der Waals surface area contributed by atoms with Crippen LogP contribution in [-0.2, 0) is 0 Å². The maximum absolute atomic E-state index is 13.3. The standard InChI is InChI=1S/C27H23Cl2N5O/c1-18-7-9-19(10-8-18)26(35)25-22(17-30)27(34(33-25)21-13-11-20(28)12-14-21)32-16-4-15-31-24-6-3-2-5-23(24)29/h2-3,5-14,31-32H,4,15-16H2,1H3. The Bertz CT molecular complexity index is 1370. The monoisotopic (exact) mass is 503 g/mol. The van der Waals surface area contributed by atoms with Crippen molar-refractivity contribution < 1.29 is 4.79 Å². The minimum absolute atomic E-state index is 0.1000. The number of ketones is 1. The van der Waals surface area contributed by atoms with Crippen LogP contribution in [0.2, 0.25) is 10.0 Å². The zero-order valence-corrected chi connectivity index (χ0v) is 20.6. The largest absolute Gasteiger partial charge is 0.384 e. The van der Waals surface area contributed by atoms with Gasteiger partial charge in [-0.3, -0.25) is 4.79 Å². The lowest BCUT2D eigenvalue weighted by Gasteiger charge is -2.12. The molecule has 0 spiro atoms. The quantitative estimate of drug-likeness (QED) is 0.201. The third-order valence-corrected chi connectivity index (χ3v) is 6.01. The molecule has 0 unspecified atom stereocenters. The highest BCUT2D eigenvalue weighted by Crippen LogP contribution is 2.26. The summed E-state index contributed by atoms with van der Waals surface area (Å²) in [6.45, 7) is 3.17. The first-order valence-corrected chi connectivity index (χ1v) is 11.9. The van der Waals surface area contributed by atoms with Crippen molar-refractivity contribution in [1.29, 1.82) is 5.26 Å². The number of aryl methyl sites for hydroxylation is 1. The normalized spacial score (nSPS) is 10.6. The Hall–Kier alpha value is -3.79. The molecule has 2 N–H and O–H groups in total. The smallest absolute Gasteiger partial charge is 0.214 e. The van der Waals surface area contributed by atoms with E-state index in [1.165, 1.54) is 0 Å². The average molecular weight is 504 g/mol. The van der Waals surface area contributed by atoms with Crippen LogP contribution in [0.1, 0.15) is 33.6 Å². The van der Waals surface area contributed by atoms with Gasteiger partial charge in [0.25, 0.3) is 0 Å². The Labute approximate surface area is 214 Å². The minimum Gasteiger partial charge on any atom is -0.384 e. The summed E-state index contributed by atoms with van der Waals surface area (Å²) < 4.78 is 1.58. The van der Waals surface area contributed by atoms with Crippen molar-refractivity contribution in [1.82, 2.24) is 9.78 Å². The van der Waals surface area contributed by atoms with E-state index in [-0.39, 0.29) is 17.0 Å². The Morgan fingerprint density at radius 2 is 1.66 bits per heavy atom. The number of benzene rings is 3. The summed E-state index contributed by atoms with van der Waals surface area (Å²) in [6.07, 6.45) is 0.739. The van der Waals surface area contributed by atoms with Crippen LogP contribution in [0.4, 0.5) is 11.5 Å². The molecule has 1 aromatic heterocycles. The molecule has 0 bridgehead atoms. The first-order valence-electron chi connectivity index (χ1n) is 11.1. The van der Waals surface area contributed by atoms with Crippen molar-refractivity contribution in [2.75, 3.05) is 23.7 Å². The average Bonchev–Trinajstić information content (AvgIpc) is 3.23. The first kappa shape index (κ1) is 24.3. The van der Waals surface area contributed by atoms with Crippen LogP contribution in [-0.4, -0.2) is 28.7 Å². The maximum Gasteiger partial charge on any atom is 0.214 e. The third kappa shape index (κ3) is 5.65. The van der Waals surface area contributed by atoms with Gasteiger partial charge in [-0.1, -0.05) is 65.2 Å². The van der Waals surface area contributed by atoms with E-state index < -0.39 is 0 Å². The zero-order valence-electron chi connectivity index (χ0n) is 19.1. The van der Waals surface area contributed by atoms with Crippen LogP contribution in [0.25, 0.3) is 5.69 Å². The van der Waals surface area contributed by atoms with Gasteiger partial charge in [-0.15, -0.1) is 0 Å². The molecule has 0 aliphatic carbocycles. The van der Waals surface area contributed by atoms with Crippen LogP contribution in [0.15, 0.2) is 72.8 Å². The summed E-state index contributed by atoms with van der Waals surface area (Å²) in [7, 11) is 0. The predicted molar refractivity (Wildman–Crippen MR) is 141 cm³/mol. The first-order chi connectivity index (χ1) is 17.0. The molecule has 0 aliphatic heterocycles. The second-order valence-corrected chi connectivity index (χ2v) is 8.80. The Morgan fingerprint density at radius 3 is 2.34 bits per heavy atom. The highest BCUT2D eigenvalue weighted by atomic mass is 35.5. The summed E-state index contributed by atoms with van der Waals surface area (Å²) in [6, 6.07) is 24.0. The van der Waals surface area contributed by atoms with Crippen LogP contribution >= 0.6 is 23.2 Å². The molecule has 35 heavy (non-hydrogen) atoms. The van der Waals surface area contributed by atoms with Gasteiger partial charge in [0.1, 0.15) is 17.5 Å². The SMILES string of the molecule is Cc1ccc(C(=O)c2nn(-c3ccc(Cl)cc3)c(NCCCNc3ccccc3Cl)c2C#N)cc1. The van der Waals surface area contributed by atoms with Gasteiger partial charge in [0.05, 0.1) is 16.4 Å². The van der Waals surface area contributed by atoms with Crippen molar-refractivity contribution in [2.45, 2.75) is 13.3 Å². The highest BCUT2D eigenvalue weighted by molar-refractivity contribution is 6.33. The third-order valence-electron chi connectivity index (χ3n) is 5.43. The number of carbonyl (C=O) groups excluding carboxylic acids is 1. The van der Waals surface area contributed by atoms with E-state index in [0.717, 1.165) is 17.7 Å². The molecule has 4 rings (SSSR count). The van der Waals surface area contributed by atoms with Gasteiger partial charge in [0, 0.05) is 23.7 Å². The minimum atomic E-state index is -0.308. The number of nitrogens with zero attached hydrogens (tertiary/aromatic N) is 3. The predicted octanol–water partition coefficient (Wildman–Crippen LogP) is 6.50. The van der Waals surface area contributed by atoms with E-state index in [0.29, 0.717) is 40.2 Å². The molecule has 0 saturated heterocycles. The Balaban J connectivity index is 1.59. The molecule has 0 aliphatic rings. The van der Waals surface area contributed by atoms with Crippen LogP contribution in [0.5, 0.6) is 0 Å². The lowest BCUT2D eigenvalue weighted by atomic mass is 10.0. The number of rotatable bonds is 9. The van der Waals surface area contributed by atoms with Gasteiger partial charge >= 0.3 is 0 Å². The number of halogens is 2. The Kier molecular flexibility index (Phi) is 7.71. The molecule has 3 aromatic carbocycles. The van der Waals surface area contributed by atoms with E-state index in [2.05, 4.69) is 21.8 Å². The number of carbonyl (C=O) groups is 1. The number of nitriles is 1. The molecule has 4 aromatic rings. The second kappa shape index (κ2) is 11.1. The van der Waals surface area contributed by atoms with Crippen molar-refractivity contribution in [3.63, 3.8) is 0 Å². The van der Waals surface area contributed by atoms with Gasteiger partial charge in [-0.05, 0) is 49.7 Å². The molecule has 1 heterocycles. The van der Waals surface area contributed by atoms with Crippen LogP contribution < -0.4 is 10.6 Å². The zero-order chi connectivity index (χ0) is 24.8. The van der Waals surface area contributed by atoms with Crippen molar-refractivity contribution in [3.8, 4) is 11.8 Å². The lowest BCUT2D eigenvalue weighted by molar-refractivity contribution is 0.103. The molecule has 176 valence electrons. The maximum atomic E-state index is 13.3. The fourth-order valence-electron chi connectivity index (χ4n) is 3.58. The van der Waals surface area contributed by atoms with Gasteiger partial charge in [0.2, 0.25) is 5.78 Å². The van der Waals surface area contributed by atoms with Gasteiger partial charge in [-0.25, -0.2) is 4.68 Å². The van der Waals surface area contributed by atoms with Crippen molar-refractivity contribution in [2.24, 2.45) is 0 Å². The highest BCUT2D eigenvalue weighted by Gasteiger charge is 2.25. The molecule has 0 radical (unpaired) electrons. The van der Waals surface area contributed by atoms with E-state index in [1.54, 1.807) is 41.1 Å². The lowest BCUT2D eigenvalue weighted by Crippen LogP contribution is -2.12. The van der Waals surface area contributed by atoms with Gasteiger partial charge in [0.15, 0.2) is 5.69 Å². The fourth-order valence-corrected chi connectivity index (χ4v) is 3.91. The van der Waals surface area contributed by atoms with Crippen LogP contribution in [0, 0.1) is 18.3 Å². The summed E-state index contributed by atoms with van der Waals surface area (Å²) in [4.78, 5) is 13.3. The van der Waals surface area contributed by atoms with Crippen LogP contribution in [0.3, 0.4) is 0 Å². The molecular weight excluding hydrogens is 481 g/mol. The number of aromatic nitrogens is 2. The molecule has 6 nitrogen and oxygen atoms in total. The molecule has 0 saturated carbocycles. The number of hydrogen-bond acceptors (Lipinski definition) is 5. The van der Waals surface area contributed by atoms with Gasteiger partial charge < -0.3 is 10.6 Å². The second-order valence-electron chi connectivity index (χ2n) is 7.95. The number of para-hydroxylation sites is 1. The Morgan fingerprint density at radius 1 is 0.971 bits per heavy atom. The summed E-state index contributed by atoms with van der Waals surface area (Å²) in [5.41, 5.74) is 3.37. The number of anilines is 2. The van der Waals surface area contributed by atoms with E-state index >= 15 is 0 Å². The summed E-state index contributed by atoms with van der Waals surface area (Å²) in [5, 5.41) is 22.4. The fraction of sp³-hybridized carbons (Fsp3) is 0.148. The number of hydrogen-bond donors (Lipinski definition) is 2. The summed E-state index contributed by atoms with van der Waals surface area (Å²) >= 11 is 12.3. The molecule has 0 amide bonds. The van der Waals surface area contributed by atoms with Crippen molar-refractivity contribution in [3.05, 3.63) is 105 Å². The molecular formula is C27H23Cl2N5O. The summed E-state index contributed by atoms with van der Waals surface area (Å²) in [5.74, 6) is 0.153. The van der Waals surface area contributed by atoms with E-state index in [4.69, 9.17) is 23.2 Å². The van der Waals surface area contributed by atoms with Gasteiger partial charge in [-0.2, -0.15) is 10.4 Å². The van der Waals surface area contributed by atoms with E-state index in [9.17, 15) is 10.1 Å². The molecule has 0 fully saturated rings.